The second kappa shape index (κ2) is 7.84. The van der Waals surface area contributed by atoms with Gasteiger partial charge in [0.1, 0.15) is 0 Å². The van der Waals surface area contributed by atoms with Gasteiger partial charge in [0.05, 0.1) is 23.9 Å². The number of hydrogen-bond acceptors (Lipinski definition) is 3. The van der Waals surface area contributed by atoms with E-state index in [0.29, 0.717) is 22.0 Å². The van der Waals surface area contributed by atoms with Crippen LogP contribution in [0.4, 0.5) is 0 Å². The van der Waals surface area contributed by atoms with E-state index in [0.717, 1.165) is 5.56 Å². The first-order chi connectivity index (χ1) is 12.5. The standard InChI is InChI=1S/C19H17ClN4O2/c1-13-17(12-21-22-18(25)11-14-5-3-2-4-6-14)19(26)24(23-13)16-9-7-15(20)8-10-16/h2-10,12,23H,11H2,1H3,(H,22,25). The van der Waals surface area contributed by atoms with Gasteiger partial charge < -0.3 is 0 Å². The number of rotatable bonds is 5. The minimum atomic E-state index is -0.258. The zero-order valence-corrected chi connectivity index (χ0v) is 14.8. The highest BCUT2D eigenvalue weighted by Gasteiger charge is 2.11. The van der Waals surface area contributed by atoms with Gasteiger partial charge in [-0.15, -0.1) is 0 Å². The Hall–Kier alpha value is -3.12. The molecule has 0 atom stereocenters. The summed E-state index contributed by atoms with van der Waals surface area (Å²) in [4.78, 5) is 24.4. The molecule has 26 heavy (non-hydrogen) atoms. The fourth-order valence-electron chi connectivity index (χ4n) is 2.47. The molecule has 0 aliphatic heterocycles. The molecule has 3 aromatic rings. The fourth-order valence-corrected chi connectivity index (χ4v) is 2.60. The lowest BCUT2D eigenvalue weighted by molar-refractivity contribution is -0.120. The number of hydrogen-bond donors (Lipinski definition) is 2. The van der Waals surface area contributed by atoms with Crippen LogP contribution in [0.15, 0.2) is 64.5 Å². The van der Waals surface area contributed by atoms with Crippen molar-refractivity contribution >= 4 is 23.7 Å². The number of aromatic nitrogens is 2. The van der Waals surface area contributed by atoms with E-state index in [1.165, 1.54) is 10.9 Å². The number of H-pyrrole nitrogens is 1. The Balaban J connectivity index is 1.72. The third-order valence-corrected chi connectivity index (χ3v) is 4.04. The van der Waals surface area contributed by atoms with E-state index < -0.39 is 0 Å². The lowest BCUT2D eigenvalue weighted by Gasteiger charge is -2.00. The molecule has 1 amide bonds. The molecule has 2 aromatic carbocycles. The molecule has 0 unspecified atom stereocenters. The first-order valence-electron chi connectivity index (χ1n) is 7.98. The summed E-state index contributed by atoms with van der Waals surface area (Å²) in [6, 6.07) is 16.2. The van der Waals surface area contributed by atoms with Crippen molar-refractivity contribution in [3.63, 3.8) is 0 Å². The van der Waals surface area contributed by atoms with Gasteiger partial charge in [-0.05, 0) is 36.8 Å². The summed E-state index contributed by atoms with van der Waals surface area (Å²) in [7, 11) is 0. The molecule has 0 spiro atoms. The van der Waals surface area contributed by atoms with E-state index >= 15 is 0 Å². The molecule has 0 fully saturated rings. The predicted octanol–water partition coefficient (Wildman–Crippen LogP) is 2.82. The molecule has 3 rings (SSSR count). The van der Waals surface area contributed by atoms with Crippen molar-refractivity contribution in [2.45, 2.75) is 13.3 Å². The smallest absolute Gasteiger partial charge is 0.280 e. The average Bonchev–Trinajstić information content (AvgIpc) is 2.91. The summed E-state index contributed by atoms with van der Waals surface area (Å²) in [5.41, 5.74) is 4.76. The van der Waals surface area contributed by atoms with Gasteiger partial charge in [0.25, 0.3) is 5.56 Å². The maximum absolute atomic E-state index is 12.5. The third kappa shape index (κ3) is 4.10. The van der Waals surface area contributed by atoms with Crippen molar-refractivity contribution in [2.75, 3.05) is 0 Å². The molecular weight excluding hydrogens is 352 g/mol. The van der Waals surface area contributed by atoms with Crippen LogP contribution in [0, 0.1) is 6.92 Å². The number of aryl methyl sites for hydroxylation is 1. The Morgan fingerprint density at radius 1 is 1.19 bits per heavy atom. The summed E-state index contributed by atoms with van der Waals surface area (Å²) < 4.78 is 1.40. The number of hydrazone groups is 1. The Morgan fingerprint density at radius 3 is 2.58 bits per heavy atom. The van der Waals surface area contributed by atoms with Crippen LogP contribution in [-0.4, -0.2) is 21.9 Å². The van der Waals surface area contributed by atoms with Gasteiger partial charge in [0, 0.05) is 10.7 Å². The van der Waals surface area contributed by atoms with E-state index in [-0.39, 0.29) is 17.9 Å². The molecular formula is C19H17ClN4O2. The number of benzene rings is 2. The molecule has 0 radical (unpaired) electrons. The van der Waals surface area contributed by atoms with Crippen LogP contribution in [0.3, 0.4) is 0 Å². The molecule has 6 nitrogen and oxygen atoms in total. The van der Waals surface area contributed by atoms with Gasteiger partial charge in [-0.1, -0.05) is 41.9 Å². The quantitative estimate of drug-likeness (QED) is 0.536. The van der Waals surface area contributed by atoms with Crippen LogP contribution >= 0.6 is 11.6 Å². The molecule has 0 aliphatic carbocycles. The van der Waals surface area contributed by atoms with Crippen molar-refractivity contribution in [1.29, 1.82) is 0 Å². The van der Waals surface area contributed by atoms with E-state index in [1.807, 2.05) is 30.3 Å². The van der Waals surface area contributed by atoms with Crippen molar-refractivity contribution < 1.29 is 4.79 Å². The number of amides is 1. The van der Waals surface area contributed by atoms with Gasteiger partial charge in [0.2, 0.25) is 5.91 Å². The van der Waals surface area contributed by atoms with Gasteiger partial charge >= 0.3 is 0 Å². The first-order valence-corrected chi connectivity index (χ1v) is 8.36. The second-order valence-corrected chi connectivity index (χ2v) is 6.16. The van der Waals surface area contributed by atoms with Gasteiger partial charge in [-0.2, -0.15) is 5.10 Å². The number of carbonyl (C=O) groups is 1. The molecule has 7 heteroatoms. The van der Waals surface area contributed by atoms with Gasteiger partial charge in [-0.3, -0.25) is 14.7 Å². The number of nitrogens with zero attached hydrogens (tertiary/aromatic N) is 2. The van der Waals surface area contributed by atoms with Crippen molar-refractivity contribution in [3.8, 4) is 5.69 Å². The Bertz CT molecular complexity index is 989. The summed E-state index contributed by atoms with van der Waals surface area (Å²) in [5, 5.41) is 7.48. The SMILES string of the molecule is Cc1[nH]n(-c2ccc(Cl)cc2)c(=O)c1C=NNC(=O)Cc1ccccc1. The number of aromatic amines is 1. The average molecular weight is 369 g/mol. The van der Waals surface area contributed by atoms with Crippen LogP contribution in [0.2, 0.25) is 5.02 Å². The van der Waals surface area contributed by atoms with Crippen molar-refractivity contribution in [2.24, 2.45) is 5.10 Å². The largest absolute Gasteiger partial charge is 0.295 e. The fraction of sp³-hybridized carbons (Fsp3) is 0.105. The molecule has 0 saturated heterocycles. The van der Waals surface area contributed by atoms with E-state index in [9.17, 15) is 9.59 Å². The normalized spacial score (nSPS) is 11.0. The van der Waals surface area contributed by atoms with Crippen LogP contribution in [0.25, 0.3) is 5.69 Å². The maximum atomic E-state index is 12.5. The Labute approximate surface area is 155 Å². The molecule has 0 saturated carbocycles. The summed E-state index contributed by atoms with van der Waals surface area (Å²) in [5.74, 6) is -0.251. The van der Waals surface area contributed by atoms with Crippen LogP contribution < -0.4 is 11.0 Å². The first kappa shape index (κ1) is 17.7. The molecule has 0 aliphatic rings. The highest BCUT2D eigenvalue weighted by molar-refractivity contribution is 6.30. The predicted molar refractivity (Wildman–Crippen MR) is 102 cm³/mol. The molecule has 1 heterocycles. The van der Waals surface area contributed by atoms with Crippen LogP contribution in [0.5, 0.6) is 0 Å². The highest BCUT2D eigenvalue weighted by Crippen LogP contribution is 2.12. The highest BCUT2D eigenvalue weighted by atomic mass is 35.5. The molecule has 132 valence electrons. The van der Waals surface area contributed by atoms with E-state index in [4.69, 9.17) is 11.6 Å². The maximum Gasteiger partial charge on any atom is 0.280 e. The number of halogens is 1. The summed E-state index contributed by atoms with van der Waals surface area (Å²) in [6.45, 7) is 1.76. The Kier molecular flexibility index (Phi) is 5.34. The van der Waals surface area contributed by atoms with Gasteiger partial charge in [-0.25, -0.2) is 10.1 Å². The lowest BCUT2D eigenvalue weighted by atomic mass is 10.1. The number of carbonyl (C=O) groups excluding carboxylic acids is 1. The summed E-state index contributed by atoms with van der Waals surface area (Å²) in [6.07, 6.45) is 1.57. The third-order valence-electron chi connectivity index (χ3n) is 3.79. The zero-order chi connectivity index (χ0) is 18.5. The zero-order valence-electron chi connectivity index (χ0n) is 14.1. The minimum absolute atomic E-state index is 0.222. The van der Waals surface area contributed by atoms with Crippen LogP contribution in [-0.2, 0) is 11.2 Å². The van der Waals surface area contributed by atoms with E-state index in [1.54, 1.807) is 31.2 Å². The van der Waals surface area contributed by atoms with Crippen LogP contribution in [0.1, 0.15) is 16.8 Å². The van der Waals surface area contributed by atoms with Crippen molar-refractivity contribution in [3.05, 3.63) is 86.8 Å². The molecule has 2 N–H and O–H groups in total. The topological polar surface area (TPSA) is 79.2 Å². The second-order valence-electron chi connectivity index (χ2n) is 5.72. The van der Waals surface area contributed by atoms with Gasteiger partial charge in [0.15, 0.2) is 0 Å². The van der Waals surface area contributed by atoms with E-state index in [2.05, 4.69) is 15.6 Å². The lowest BCUT2D eigenvalue weighted by Crippen LogP contribution is -2.21. The number of nitrogens with one attached hydrogen (secondary N) is 2. The Morgan fingerprint density at radius 2 is 1.88 bits per heavy atom. The molecule has 0 bridgehead atoms. The molecule has 1 aromatic heterocycles. The minimum Gasteiger partial charge on any atom is -0.295 e. The summed E-state index contributed by atoms with van der Waals surface area (Å²) >= 11 is 5.87. The monoisotopic (exact) mass is 368 g/mol. The van der Waals surface area contributed by atoms with Crippen molar-refractivity contribution in [1.82, 2.24) is 15.2 Å².